The maximum atomic E-state index is 12.6. The number of hydrogen-bond acceptors (Lipinski definition) is 3. The van der Waals surface area contributed by atoms with Crippen molar-refractivity contribution in [1.29, 1.82) is 0 Å². The van der Waals surface area contributed by atoms with Gasteiger partial charge in [-0.25, -0.2) is 4.98 Å². The van der Waals surface area contributed by atoms with E-state index < -0.39 is 0 Å². The predicted octanol–water partition coefficient (Wildman–Crippen LogP) is 4.94. The number of benzene rings is 3. The zero-order chi connectivity index (χ0) is 23.2. The van der Waals surface area contributed by atoms with Gasteiger partial charge in [-0.1, -0.05) is 48.9 Å². The number of nitrogens with zero attached hydrogens (tertiary/aromatic N) is 1. The van der Waals surface area contributed by atoms with Crippen LogP contribution in [0.15, 0.2) is 66.7 Å². The van der Waals surface area contributed by atoms with Gasteiger partial charge in [0.05, 0.1) is 11.0 Å². The van der Waals surface area contributed by atoms with Crippen molar-refractivity contribution in [2.24, 2.45) is 0 Å². The quantitative estimate of drug-likeness (QED) is 0.363. The number of anilines is 1. The average Bonchev–Trinajstić information content (AvgIpc) is 3.25. The molecule has 3 N–H and O–H groups in total. The molecule has 33 heavy (non-hydrogen) atoms. The van der Waals surface area contributed by atoms with Crippen LogP contribution in [0.5, 0.6) is 0 Å². The van der Waals surface area contributed by atoms with Gasteiger partial charge in [-0.3, -0.25) is 9.59 Å². The Kier molecular flexibility index (Phi) is 6.83. The smallest absolute Gasteiger partial charge is 0.251 e. The van der Waals surface area contributed by atoms with Crippen LogP contribution in [0.3, 0.4) is 0 Å². The molecule has 2 amide bonds. The van der Waals surface area contributed by atoms with Gasteiger partial charge >= 0.3 is 0 Å². The summed E-state index contributed by atoms with van der Waals surface area (Å²) in [7, 11) is 0. The first-order chi connectivity index (χ1) is 16.0. The fourth-order valence-electron chi connectivity index (χ4n) is 3.58. The van der Waals surface area contributed by atoms with Crippen LogP contribution in [0.25, 0.3) is 11.0 Å². The summed E-state index contributed by atoms with van der Waals surface area (Å²) < 4.78 is 0. The number of aromatic nitrogens is 2. The number of carbonyl (C=O) groups is 2. The van der Waals surface area contributed by atoms with E-state index in [9.17, 15) is 9.59 Å². The van der Waals surface area contributed by atoms with Crippen LogP contribution in [-0.4, -0.2) is 21.8 Å². The normalized spacial score (nSPS) is 10.8. The SMILES string of the molecule is CCC(=O)Nc1ccc(CCc2nc3ccc(C(=O)NCc4ccc(C)cc4)cc3[nH]2)cc1. The maximum Gasteiger partial charge on any atom is 0.251 e. The monoisotopic (exact) mass is 440 g/mol. The number of aryl methyl sites for hydroxylation is 3. The van der Waals surface area contributed by atoms with Crippen LogP contribution in [0.1, 0.15) is 46.2 Å². The van der Waals surface area contributed by atoms with Crippen molar-refractivity contribution in [3.05, 3.63) is 94.8 Å². The van der Waals surface area contributed by atoms with Crippen molar-refractivity contribution < 1.29 is 9.59 Å². The highest BCUT2D eigenvalue weighted by atomic mass is 16.2. The Morgan fingerprint density at radius 2 is 1.64 bits per heavy atom. The third kappa shape index (κ3) is 5.86. The number of carbonyl (C=O) groups excluding carboxylic acids is 2. The molecule has 4 rings (SSSR count). The molecule has 168 valence electrons. The minimum atomic E-state index is -0.108. The van der Waals surface area contributed by atoms with Gasteiger partial charge in [0.2, 0.25) is 5.91 Å². The molecular weight excluding hydrogens is 412 g/mol. The molecule has 0 spiro atoms. The molecule has 6 heteroatoms. The molecule has 0 unspecified atom stereocenters. The van der Waals surface area contributed by atoms with Gasteiger partial charge < -0.3 is 15.6 Å². The fourth-order valence-corrected chi connectivity index (χ4v) is 3.58. The third-order valence-electron chi connectivity index (χ3n) is 5.58. The van der Waals surface area contributed by atoms with Crippen molar-refractivity contribution in [2.45, 2.75) is 39.7 Å². The Bertz CT molecular complexity index is 1260. The second-order valence-corrected chi connectivity index (χ2v) is 8.18. The molecule has 4 aromatic rings. The van der Waals surface area contributed by atoms with Crippen LogP contribution in [-0.2, 0) is 24.2 Å². The minimum absolute atomic E-state index is 0.00762. The molecule has 0 radical (unpaired) electrons. The Balaban J connectivity index is 1.35. The molecule has 0 aliphatic carbocycles. The first kappa shape index (κ1) is 22.3. The van der Waals surface area contributed by atoms with Gasteiger partial charge in [-0.15, -0.1) is 0 Å². The summed E-state index contributed by atoms with van der Waals surface area (Å²) in [5, 5.41) is 5.83. The van der Waals surface area contributed by atoms with Crippen LogP contribution in [0, 0.1) is 6.92 Å². The number of amides is 2. The number of rotatable bonds is 8. The van der Waals surface area contributed by atoms with Crippen molar-refractivity contribution >= 4 is 28.5 Å². The fraction of sp³-hybridized carbons (Fsp3) is 0.222. The Morgan fingerprint density at radius 1 is 0.909 bits per heavy atom. The second kappa shape index (κ2) is 10.1. The van der Waals surface area contributed by atoms with E-state index in [1.165, 1.54) is 11.1 Å². The van der Waals surface area contributed by atoms with E-state index in [2.05, 4.69) is 20.6 Å². The van der Waals surface area contributed by atoms with Gasteiger partial charge in [-0.2, -0.15) is 0 Å². The van der Waals surface area contributed by atoms with Crippen LogP contribution in [0.4, 0.5) is 5.69 Å². The van der Waals surface area contributed by atoms with Crippen LogP contribution in [0.2, 0.25) is 0 Å². The van der Waals surface area contributed by atoms with Crippen LogP contribution >= 0.6 is 0 Å². The summed E-state index contributed by atoms with van der Waals surface area (Å²) in [6, 6.07) is 21.5. The molecule has 1 heterocycles. The van der Waals surface area contributed by atoms with Crippen molar-refractivity contribution in [1.82, 2.24) is 15.3 Å². The average molecular weight is 441 g/mol. The lowest BCUT2D eigenvalue weighted by atomic mass is 10.1. The number of H-pyrrole nitrogens is 1. The summed E-state index contributed by atoms with van der Waals surface area (Å²) >= 11 is 0. The van der Waals surface area contributed by atoms with E-state index in [4.69, 9.17) is 0 Å². The number of hydrogen-bond donors (Lipinski definition) is 3. The highest BCUT2D eigenvalue weighted by Gasteiger charge is 2.10. The Labute approximate surface area is 193 Å². The molecule has 0 saturated carbocycles. The summed E-state index contributed by atoms with van der Waals surface area (Å²) in [5.74, 6) is 0.780. The third-order valence-corrected chi connectivity index (χ3v) is 5.58. The molecule has 0 saturated heterocycles. The van der Waals surface area contributed by atoms with E-state index in [-0.39, 0.29) is 11.8 Å². The first-order valence-electron chi connectivity index (χ1n) is 11.2. The summed E-state index contributed by atoms with van der Waals surface area (Å²) in [4.78, 5) is 32.1. The highest BCUT2D eigenvalue weighted by Crippen LogP contribution is 2.17. The lowest BCUT2D eigenvalue weighted by Crippen LogP contribution is -2.22. The van der Waals surface area contributed by atoms with E-state index in [1.54, 1.807) is 6.07 Å². The molecular formula is C27H28N4O2. The lowest BCUT2D eigenvalue weighted by molar-refractivity contribution is -0.115. The summed E-state index contributed by atoms with van der Waals surface area (Å²) in [6.07, 6.45) is 2.04. The summed E-state index contributed by atoms with van der Waals surface area (Å²) in [5.41, 5.74) is 6.55. The van der Waals surface area contributed by atoms with E-state index >= 15 is 0 Å². The second-order valence-electron chi connectivity index (χ2n) is 8.18. The molecule has 0 atom stereocenters. The Morgan fingerprint density at radius 3 is 2.36 bits per heavy atom. The largest absolute Gasteiger partial charge is 0.348 e. The highest BCUT2D eigenvalue weighted by molar-refractivity contribution is 5.97. The number of imidazole rings is 1. The molecule has 0 bridgehead atoms. The molecule has 0 fully saturated rings. The van der Waals surface area contributed by atoms with Crippen LogP contribution < -0.4 is 10.6 Å². The van der Waals surface area contributed by atoms with E-state index in [0.717, 1.165) is 41.0 Å². The van der Waals surface area contributed by atoms with E-state index in [1.807, 2.05) is 74.5 Å². The lowest BCUT2D eigenvalue weighted by Gasteiger charge is -2.06. The minimum Gasteiger partial charge on any atom is -0.348 e. The maximum absolute atomic E-state index is 12.6. The number of aromatic amines is 1. The zero-order valence-electron chi connectivity index (χ0n) is 18.9. The Hall–Kier alpha value is -3.93. The van der Waals surface area contributed by atoms with Crippen molar-refractivity contribution in [3.8, 4) is 0 Å². The standard InChI is InChI=1S/C27H28N4O2/c1-3-26(32)29-22-12-8-19(9-13-22)10-15-25-30-23-14-11-21(16-24(23)31-25)27(33)28-17-20-6-4-18(2)5-7-20/h4-9,11-14,16H,3,10,15,17H2,1-2H3,(H,28,33)(H,29,32)(H,30,31). The van der Waals surface area contributed by atoms with Crippen molar-refractivity contribution in [2.75, 3.05) is 5.32 Å². The number of fused-ring (bicyclic) bond motifs is 1. The molecule has 6 nitrogen and oxygen atoms in total. The number of nitrogens with one attached hydrogen (secondary N) is 3. The molecule has 0 aliphatic heterocycles. The van der Waals surface area contributed by atoms with E-state index in [0.29, 0.717) is 18.5 Å². The van der Waals surface area contributed by atoms with Gasteiger partial charge in [0.25, 0.3) is 5.91 Å². The molecule has 3 aromatic carbocycles. The summed E-state index contributed by atoms with van der Waals surface area (Å²) in [6.45, 7) is 4.37. The van der Waals surface area contributed by atoms with Gasteiger partial charge in [0.1, 0.15) is 5.82 Å². The molecule has 1 aromatic heterocycles. The van der Waals surface area contributed by atoms with Crippen molar-refractivity contribution in [3.63, 3.8) is 0 Å². The molecule has 0 aliphatic rings. The van der Waals surface area contributed by atoms with Gasteiger partial charge in [0, 0.05) is 30.6 Å². The zero-order valence-corrected chi connectivity index (χ0v) is 18.9. The first-order valence-corrected chi connectivity index (χ1v) is 11.2. The predicted molar refractivity (Wildman–Crippen MR) is 131 cm³/mol. The van der Waals surface area contributed by atoms with Gasteiger partial charge in [0.15, 0.2) is 0 Å². The topological polar surface area (TPSA) is 86.9 Å². The van der Waals surface area contributed by atoms with Gasteiger partial charge in [-0.05, 0) is 54.8 Å².